The summed E-state index contributed by atoms with van der Waals surface area (Å²) >= 11 is 0. The second-order valence-corrected chi connectivity index (χ2v) is 2.91. The molecular weight excluding hydrogens is 170 g/mol. The van der Waals surface area contributed by atoms with Gasteiger partial charge in [-0.2, -0.15) is 0 Å². The maximum absolute atomic E-state index is 11.1. The SMILES string of the molecule is C=C(C)C(=O)ON1C(=C)CCC1=O. The number of carbonyl (C=O) groups is 2. The van der Waals surface area contributed by atoms with Gasteiger partial charge in [0.2, 0.25) is 0 Å². The highest BCUT2D eigenvalue weighted by atomic mass is 16.7. The zero-order valence-corrected chi connectivity index (χ0v) is 7.50. The Morgan fingerprint density at radius 3 is 2.54 bits per heavy atom. The molecule has 13 heavy (non-hydrogen) atoms. The third kappa shape index (κ3) is 1.96. The molecule has 0 N–H and O–H groups in total. The zero-order chi connectivity index (χ0) is 10.0. The lowest BCUT2D eigenvalue weighted by molar-refractivity contribution is -0.182. The zero-order valence-electron chi connectivity index (χ0n) is 7.50. The number of hydrogen-bond acceptors (Lipinski definition) is 3. The number of hydroxylamine groups is 2. The first-order valence-corrected chi connectivity index (χ1v) is 3.91. The van der Waals surface area contributed by atoms with Gasteiger partial charge >= 0.3 is 5.97 Å². The molecule has 4 heteroatoms. The van der Waals surface area contributed by atoms with Gasteiger partial charge in [-0.05, 0) is 13.3 Å². The fourth-order valence-electron chi connectivity index (χ4n) is 0.907. The summed E-state index contributed by atoms with van der Waals surface area (Å²) in [5, 5.41) is 0.941. The molecule has 0 bridgehead atoms. The molecule has 1 amide bonds. The van der Waals surface area contributed by atoms with Crippen LogP contribution < -0.4 is 0 Å². The number of carbonyl (C=O) groups excluding carboxylic acids is 2. The Labute approximate surface area is 76.4 Å². The van der Waals surface area contributed by atoms with Crippen molar-refractivity contribution in [1.82, 2.24) is 5.06 Å². The van der Waals surface area contributed by atoms with Crippen molar-refractivity contribution in [1.29, 1.82) is 0 Å². The van der Waals surface area contributed by atoms with Gasteiger partial charge in [-0.25, -0.2) is 4.79 Å². The molecule has 0 aliphatic carbocycles. The van der Waals surface area contributed by atoms with Crippen LogP contribution in [0.2, 0.25) is 0 Å². The van der Waals surface area contributed by atoms with E-state index in [9.17, 15) is 9.59 Å². The molecule has 1 saturated heterocycles. The molecule has 0 atom stereocenters. The maximum Gasteiger partial charge on any atom is 0.358 e. The van der Waals surface area contributed by atoms with Crippen LogP contribution in [0, 0.1) is 0 Å². The first kappa shape index (κ1) is 9.51. The highest BCUT2D eigenvalue weighted by molar-refractivity contribution is 5.89. The normalized spacial score (nSPS) is 16.2. The molecule has 0 radical (unpaired) electrons. The molecule has 4 nitrogen and oxygen atoms in total. The van der Waals surface area contributed by atoms with Crippen molar-refractivity contribution in [3.05, 3.63) is 24.4 Å². The number of nitrogens with zero attached hydrogens (tertiary/aromatic N) is 1. The standard InChI is InChI=1S/C9H11NO3/c1-6(2)9(12)13-10-7(3)4-5-8(10)11/h1,3-5H2,2H3. The van der Waals surface area contributed by atoms with Gasteiger partial charge in [-0.3, -0.25) is 4.79 Å². The molecule has 0 spiro atoms. The highest BCUT2D eigenvalue weighted by Gasteiger charge is 2.28. The van der Waals surface area contributed by atoms with Crippen molar-refractivity contribution in [2.75, 3.05) is 0 Å². The van der Waals surface area contributed by atoms with E-state index in [4.69, 9.17) is 4.84 Å². The summed E-state index contributed by atoms with van der Waals surface area (Å²) in [5.41, 5.74) is 0.770. The van der Waals surface area contributed by atoms with Crippen molar-refractivity contribution in [3.8, 4) is 0 Å². The molecular formula is C9H11NO3. The fourth-order valence-corrected chi connectivity index (χ4v) is 0.907. The first-order chi connectivity index (χ1) is 6.02. The lowest BCUT2D eigenvalue weighted by atomic mass is 10.3. The summed E-state index contributed by atoms with van der Waals surface area (Å²) in [6.45, 7) is 8.52. The van der Waals surface area contributed by atoms with Crippen LogP contribution in [0.25, 0.3) is 0 Å². The van der Waals surface area contributed by atoms with Crippen LogP contribution in [0.5, 0.6) is 0 Å². The predicted octanol–water partition coefficient (Wildman–Crippen LogP) is 1.16. The van der Waals surface area contributed by atoms with Crippen LogP contribution in [0.15, 0.2) is 24.4 Å². The van der Waals surface area contributed by atoms with Crippen LogP contribution in [-0.2, 0) is 14.4 Å². The third-order valence-corrected chi connectivity index (χ3v) is 1.66. The number of allylic oxidation sites excluding steroid dienone is 1. The van der Waals surface area contributed by atoms with E-state index in [0.29, 0.717) is 18.5 Å². The molecule has 0 aromatic heterocycles. The van der Waals surface area contributed by atoms with Gasteiger partial charge < -0.3 is 4.84 Å². The highest BCUT2D eigenvalue weighted by Crippen LogP contribution is 2.21. The largest absolute Gasteiger partial charge is 0.358 e. The van der Waals surface area contributed by atoms with E-state index in [-0.39, 0.29) is 11.5 Å². The van der Waals surface area contributed by atoms with Crippen LogP contribution in [0.3, 0.4) is 0 Å². The summed E-state index contributed by atoms with van der Waals surface area (Å²) in [7, 11) is 0. The lowest BCUT2D eigenvalue weighted by Crippen LogP contribution is -2.27. The number of amides is 1. The minimum Gasteiger partial charge on any atom is -0.328 e. The molecule has 0 aromatic carbocycles. The van der Waals surface area contributed by atoms with E-state index in [1.54, 1.807) is 0 Å². The Morgan fingerprint density at radius 1 is 1.54 bits per heavy atom. The number of rotatable bonds is 2. The summed E-state index contributed by atoms with van der Waals surface area (Å²) in [6, 6.07) is 0. The molecule has 0 saturated carbocycles. The van der Waals surface area contributed by atoms with Gasteiger partial charge in [0.25, 0.3) is 5.91 Å². The smallest absolute Gasteiger partial charge is 0.328 e. The Bertz CT molecular complexity index is 277. The van der Waals surface area contributed by atoms with Crippen LogP contribution in [0.1, 0.15) is 19.8 Å². The van der Waals surface area contributed by atoms with Crippen LogP contribution in [-0.4, -0.2) is 16.9 Å². The quantitative estimate of drug-likeness (QED) is 0.600. The van der Waals surface area contributed by atoms with E-state index in [1.165, 1.54) is 6.92 Å². The van der Waals surface area contributed by atoms with Gasteiger partial charge in [-0.15, -0.1) is 5.06 Å². The Hall–Kier alpha value is -1.58. The maximum atomic E-state index is 11.1. The van der Waals surface area contributed by atoms with E-state index in [2.05, 4.69) is 13.2 Å². The fraction of sp³-hybridized carbons (Fsp3) is 0.333. The first-order valence-electron chi connectivity index (χ1n) is 3.91. The van der Waals surface area contributed by atoms with Gasteiger partial charge in [0.1, 0.15) is 0 Å². The second-order valence-electron chi connectivity index (χ2n) is 2.91. The molecule has 0 aromatic rings. The van der Waals surface area contributed by atoms with Crippen LogP contribution in [0.4, 0.5) is 0 Å². The lowest BCUT2D eigenvalue weighted by Gasteiger charge is -2.15. The summed E-state index contributed by atoms with van der Waals surface area (Å²) in [5.74, 6) is -0.837. The van der Waals surface area contributed by atoms with Gasteiger partial charge in [-0.1, -0.05) is 13.2 Å². The van der Waals surface area contributed by atoms with E-state index in [0.717, 1.165) is 5.06 Å². The topological polar surface area (TPSA) is 46.6 Å². The van der Waals surface area contributed by atoms with Crippen molar-refractivity contribution >= 4 is 11.9 Å². The minimum atomic E-state index is -0.601. The second kappa shape index (κ2) is 3.43. The van der Waals surface area contributed by atoms with Crippen molar-refractivity contribution in [2.45, 2.75) is 19.8 Å². The summed E-state index contributed by atoms with van der Waals surface area (Å²) in [6.07, 6.45) is 0.893. The van der Waals surface area contributed by atoms with Crippen molar-refractivity contribution in [2.24, 2.45) is 0 Å². The van der Waals surface area contributed by atoms with E-state index < -0.39 is 5.97 Å². The number of hydrogen-bond donors (Lipinski definition) is 0. The molecule has 1 rings (SSSR count). The third-order valence-electron chi connectivity index (χ3n) is 1.66. The van der Waals surface area contributed by atoms with Crippen LogP contribution >= 0.6 is 0 Å². The molecule has 1 heterocycles. The minimum absolute atomic E-state index is 0.236. The molecule has 1 aliphatic heterocycles. The van der Waals surface area contributed by atoms with Gasteiger partial charge in [0, 0.05) is 12.0 Å². The molecule has 1 fully saturated rings. The average molecular weight is 181 g/mol. The summed E-state index contributed by atoms with van der Waals surface area (Å²) in [4.78, 5) is 26.9. The predicted molar refractivity (Wildman–Crippen MR) is 46.1 cm³/mol. The Morgan fingerprint density at radius 2 is 2.15 bits per heavy atom. The Kier molecular flexibility index (Phi) is 2.51. The molecule has 1 aliphatic rings. The Balaban J connectivity index is 2.63. The average Bonchev–Trinajstić information content (AvgIpc) is 2.35. The van der Waals surface area contributed by atoms with Gasteiger partial charge in [0.15, 0.2) is 0 Å². The monoisotopic (exact) mass is 181 g/mol. The van der Waals surface area contributed by atoms with Gasteiger partial charge in [0.05, 0.1) is 5.70 Å². The molecule has 70 valence electrons. The summed E-state index contributed by atoms with van der Waals surface area (Å²) < 4.78 is 0. The van der Waals surface area contributed by atoms with Crippen molar-refractivity contribution < 1.29 is 14.4 Å². The van der Waals surface area contributed by atoms with Crippen molar-refractivity contribution in [3.63, 3.8) is 0 Å². The van der Waals surface area contributed by atoms with E-state index >= 15 is 0 Å². The molecule has 0 unspecified atom stereocenters. The van der Waals surface area contributed by atoms with E-state index in [1.807, 2.05) is 0 Å².